The van der Waals surface area contributed by atoms with Crippen molar-refractivity contribution in [3.05, 3.63) is 35.1 Å². The number of ketones is 1. The van der Waals surface area contributed by atoms with E-state index in [2.05, 4.69) is 0 Å². The van der Waals surface area contributed by atoms with Crippen LogP contribution in [0.15, 0.2) is 29.5 Å². The molecule has 0 radical (unpaired) electrons. The second-order valence-corrected chi connectivity index (χ2v) is 9.22. The molecule has 1 aliphatic carbocycles. The molecule has 0 bridgehead atoms. The van der Waals surface area contributed by atoms with Gasteiger partial charge in [0.05, 0.1) is 36.9 Å². The minimum atomic E-state index is -0.498. The largest absolute Gasteiger partial charge is 0.490 e. The molecular formula is C26H33NO6. The Bertz CT molecular complexity index is 950. The maximum atomic E-state index is 13.7. The molecule has 3 heterocycles. The molecule has 7 heteroatoms. The van der Waals surface area contributed by atoms with Crippen molar-refractivity contribution in [3.8, 4) is 11.5 Å². The second kappa shape index (κ2) is 9.37. The van der Waals surface area contributed by atoms with Crippen molar-refractivity contribution in [2.75, 3.05) is 26.4 Å². The molecule has 0 N–H and O–H groups in total. The van der Waals surface area contributed by atoms with Crippen LogP contribution < -0.4 is 9.47 Å². The summed E-state index contributed by atoms with van der Waals surface area (Å²) >= 11 is 0. The average Bonchev–Trinajstić information content (AvgIpc) is 3.43. The van der Waals surface area contributed by atoms with E-state index >= 15 is 0 Å². The fourth-order valence-electron chi connectivity index (χ4n) is 5.67. The van der Waals surface area contributed by atoms with Crippen LogP contribution in [0.5, 0.6) is 11.5 Å². The Labute approximate surface area is 195 Å². The standard InChI is InChI=1S/C26H33NO6/c1-3-30-20-12-11-16(14-21(20)31-4-2)23-22-24(28)18-9-5-6-10-19(18)33-25(22)26(29)27(23)15-17-8-7-13-32-17/h11-12,14,17-19,23H,3-10,13,15H2,1-2H3. The van der Waals surface area contributed by atoms with Gasteiger partial charge in [-0.05, 0) is 63.6 Å². The monoisotopic (exact) mass is 455 g/mol. The summed E-state index contributed by atoms with van der Waals surface area (Å²) < 4.78 is 23.7. The Morgan fingerprint density at radius 3 is 2.55 bits per heavy atom. The van der Waals surface area contributed by atoms with Gasteiger partial charge in [0.25, 0.3) is 5.91 Å². The van der Waals surface area contributed by atoms with Crippen molar-refractivity contribution < 1.29 is 28.5 Å². The first-order chi connectivity index (χ1) is 16.1. The smallest absolute Gasteiger partial charge is 0.290 e. The SMILES string of the molecule is CCOc1ccc(C2C3=C(OC4CCCCC4C3=O)C(=O)N2CC2CCCO2)cc1OCC. The lowest BCUT2D eigenvalue weighted by Gasteiger charge is -2.35. The van der Waals surface area contributed by atoms with Crippen molar-refractivity contribution in [1.29, 1.82) is 0 Å². The highest BCUT2D eigenvalue weighted by atomic mass is 16.5. The molecule has 33 heavy (non-hydrogen) atoms. The van der Waals surface area contributed by atoms with Gasteiger partial charge in [0.1, 0.15) is 6.10 Å². The van der Waals surface area contributed by atoms with Crippen LogP contribution in [0.3, 0.4) is 0 Å². The van der Waals surface area contributed by atoms with Gasteiger partial charge in [0, 0.05) is 13.2 Å². The van der Waals surface area contributed by atoms with E-state index < -0.39 is 6.04 Å². The molecular weight excluding hydrogens is 422 g/mol. The number of nitrogens with zero attached hydrogens (tertiary/aromatic N) is 1. The third-order valence-electron chi connectivity index (χ3n) is 7.17. The highest BCUT2D eigenvalue weighted by Gasteiger charge is 2.52. The van der Waals surface area contributed by atoms with E-state index in [-0.39, 0.29) is 35.6 Å². The van der Waals surface area contributed by atoms with E-state index in [9.17, 15) is 9.59 Å². The van der Waals surface area contributed by atoms with Crippen LogP contribution in [0.25, 0.3) is 0 Å². The summed E-state index contributed by atoms with van der Waals surface area (Å²) in [5, 5.41) is 0. The summed E-state index contributed by atoms with van der Waals surface area (Å²) in [5.74, 6) is 1.24. The molecule has 1 aromatic rings. The molecule has 1 aromatic carbocycles. The summed E-state index contributed by atoms with van der Waals surface area (Å²) in [6, 6.07) is 5.21. The minimum Gasteiger partial charge on any atom is -0.490 e. The molecule has 7 nitrogen and oxygen atoms in total. The lowest BCUT2D eigenvalue weighted by Crippen LogP contribution is -2.39. The Balaban J connectivity index is 1.56. The maximum Gasteiger partial charge on any atom is 0.290 e. The van der Waals surface area contributed by atoms with Crippen LogP contribution in [0.2, 0.25) is 0 Å². The van der Waals surface area contributed by atoms with Crippen molar-refractivity contribution >= 4 is 11.7 Å². The van der Waals surface area contributed by atoms with Crippen LogP contribution in [0.1, 0.15) is 64.0 Å². The Morgan fingerprint density at radius 2 is 1.79 bits per heavy atom. The van der Waals surface area contributed by atoms with E-state index in [1.165, 1.54) is 0 Å². The predicted molar refractivity (Wildman–Crippen MR) is 121 cm³/mol. The van der Waals surface area contributed by atoms with Gasteiger partial charge in [-0.1, -0.05) is 12.5 Å². The van der Waals surface area contributed by atoms with Crippen LogP contribution >= 0.6 is 0 Å². The van der Waals surface area contributed by atoms with Gasteiger partial charge in [-0.25, -0.2) is 0 Å². The second-order valence-electron chi connectivity index (χ2n) is 9.22. The summed E-state index contributed by atoms with van der Waals surface area (Å²) in [7, 11) is 0. The molecule has 1 saturated heterocycles. The first-order valence-electron chi connectivity index (χ1n) is 12.4. The van der Waals surface area contributed by atoms with Gasteiger partial charge in [-0.3, -0.25) is 9.59 Å². The zero-order chi connectivity index (χ0) is 22.9. The van der Waals surface area contributed by atoms with Crippen molar-refractivity contribution in [3.63, 3.8) is 0 Å². The fourth-order valence-corrected chi connectivity index (χ4v) is 5.67. The average molecular weight is 456 g/mol. The van der Waals surface area contributed by atoms with Crippen LogP contribution in [0, 0.1) is 5.92 Å². The van der Waals surface area contributed by atoms with Gasteiger partial charge >= 0.3 is 0 Å². The Morgan fingerprint density at radius 1 is 1.00 bits per heavy atom. The van der Waals surface area contributed by atoms with Crippen molar-refractivity contribution in [2.24, 2.45) is 5.92 Å². The zero-order valence-electron chi connectivity index (χ0n) is 19.5. The third-order valence-corrected chi connectivity index (χ3v) is 7.17. The van der Waals surface area contributed by atoms with Crippen LogP contribution in [0.4, 0.5) is 0 Å². The molecule has 3 aliphatic heterocycles. The lowest BCUT2D eigenvalue weighted by atomic mass is 9.77. The van der Waals surface area contributed by atoms with Gasteiger partial charge in [-0.15, -0.1) is 0 Å². The minimum absolute atomic E-state index is 0.0238. The van der Waals surface area contributed by atoms with Gasteiger partial charge in [0.2, 0.25) is 0 Å². The number of fused-ring (bicyclic) bond motifs is 1. The predicted octanol–water partition coefficient (Wildman–Crippen LogP) is 3.96. The van der Waals surface area contributed by atoms with Crippen LogP contribution in [-0.2, 0) is 19.1 Å². The molecule has 1 saturated carbocycles. The number of carbonyl (C=O) groups is 2. The highest BCUT2D eigenvalue weighted by molar-refractivity contribution is 6.11. The van der Waals surface area contributed by atoms with Crippen LogP contribution in [-0.4, -0.2) is 55.2 Å². The number of ether oxygens (including phenoxy) is 4. The molecule has 5 rings (SSSR count). The highest BCUT2D eigenvalue weighted by Crippen LogP contribution is 2.48. The molecule has 4 aliphatic rings. The Kier molecular flexibility index (Phi) is 6.32. The number of amides is 1. The van der Waals surface area contributed by atoms with E-state index in [4.69, 9.17) is 18.9 Å². The number of rotatable bonds is 7. The number of Topliss-reactive ketones (excluding diaryl/α,β-unsaturated/α-hetero) is 1. The first-order valence-corrected chi connectivity index (χ1v) is 12.4. The molecule has 178 valence electrons. The molecule has 0 aromatic heterocycles. The zero-order valence-corrected chi connectivity index (χ0v) is 19.5. The first kappa shape index (κ1) is 22.3. The van der Waals surface area contributed by atoms with E-state index in [0.29, 0.717) is 43.4 Å². The topological polar surface area (TPSA) is 74.3 Å². The van der Waals surface area contributed by atoms with Crippen molar-refractivity contribution in [1.82, 2.24) is 4.90 Å². The quantitative estimate of drug-likeness (QED) is 0.620. The summed E-state index contributed by atoms with van der Waals surface area (Å²) in [6.07, 6.45) is 5.39. The number of carbonyl (C=O) groups excluding carboxylic acids is 2. The number of hydrogen-bond acceptors (Lipinski definition) is 6. The summed E-state index contributed by atoms with van der Waals surface area (Å²) in [4.78, 5) is 29.1. The van der Waals surface area contributed by atoms with Gasteiger partial charge in [-0.2, -0.15) is 0 Å². The number of hydrogen-bond donors (Lipinski definition) is 0. The van der Waals surface area contributed by atoms with Gasteiger partial charge < -0.3 is 23.8 Å². The molecule has 0 spiro atoms. The molecule has 4 atom stereocenters. The lowest BCUT2D eigenvalue weighted by molar-refractivity contribution is -0.136. The van der Waals surface area contributed by atoms with E-state index in [1.807, 2.05) is 32.0 Å². The molecule has 4 unspecified atom stereocenters. The van der Waals surface area contributed by atoms with Gasteiger partial charge in [0.15, 0.2) is 23.0 Å². The fraction of sp³-hybridized carbons (Fsp3) is 0.615. The summed E-state index contributed by atoms with van der Waals surface area (Å²) in [5.41, 5.74) is 1.34. The normalized spacial score (nSPS) is 29.1. The summed E-state index contributed by atoms with van der Waals surface area (Å²) in [6.45, 7) is 6.02. The number of benzene rings is 1. The van der Waals surface area contributed by atoms with E-state index in [1.54, 1.807) is 4.90 Å². The van der Waals surface area contributed by atoms with Crippen molar-refractivity contribution in [2.45, 2.75) is 70.6 Å². The molecule has 2 fully saturated rings. The maximum absolute atomic E-state index is 13.7. The Hall–Kier alpha value is -2.54. The third kappa shape index (κ3) is 4.01. The molecule has 1 amide bonds. The van der Waals surface area contributed by atoms with E-state index in [0.717, 1.165) is 44.1 Å².